The molecule has 25 heavy (non-hydrogen) atoms. The lowest BCUT2D eigenvalue weighted by atomic mass is 9.77. The smallest absolute Gasteiger partial charge is 0.535 e. The summed E-state index contributed by atoms with van der Waals surface area (Å²) in [7, 11) is 0.350. The number of carboxylic acids is 1. The minimum absolute atomic E-state index is 0.0508. The first kappa shape index (κ1) is 17.4. The topological polar surface area (TPSA) is 114 Å². The third-order valence-corrected chi connectivity index (χ3v) is 5.29. The van der Waals surface area contributed by atoms with Crippen molar-refractivity contribution < 1.29 is 24.0 Å². The molecule has 130 valence electrons. The largest absolute Gasteiger partial charge is 0.537 e. The Balaban J connectivity index is 1.91. The van der Waals surface area contributed by atoms with Gasteiger partial charge in [-0.05, 0) is 18.1 Å². The highest BCUT2D eigenvalue weighted by Crippen LogP contribution is 2.38. The van der Waals surface area contributed by atoms with Crippen molar-refractivity contribution in [2.45, 2.75) is 23.1 Å². The van der Waals surface area contributed by atoms with Gasteiger partial charge in [-0.1, -0.05) is 11.2 Å². The molecule has 3 rings (SSSR count). The van der Waals surface area contributed by atoms with Crippen molar-refractivity contribution in [3.8, 4) is 5.75 Å². The number of hydrogen-bond donors (Lipinski definition) is 2. The van der Waals surface area contributed by atoms with E-state index in [2.05, 4.69) is 10.3 Å². The molecule has 2 heterocycles. The van der Waals surface area contributed by atoms with Crippen LogP contribution < -0.4 is 4.65 Å². The number of carboxylic acid groups (broad SMARTS) is 1. The van der Waals surface area contributed by atoms with Gasteiger partial charge in [0.1, 0.15) is 23.7 Å². The number of halogens is 1. The Hall–Kier alpha value is -2.40. The molecule has 2 N–H and O–H groups in total. The zero-order valence-corrected chi connectivity index (χ0v) is 13.9. The van der Waals surface area contributed by atoms with Crippen LogP contribution >= 0.6 is 11.8 Å². The lowest BCUT2D eigenvalue weighted by Gasteiger charge is -2.28. The molecule has 0 aliphatic carbocycles. The van der Waals surface area contributed by atoms with E-state index in [9.17, 15) is 19.1 Å². The molecule has 8 nitrogen and oxygen atoms in total. The van der Waals surface area contributed by atoms with E-state index in [1.54, 1.807) is 11.7 Å². The van der Waals surface area contributed by atoms with Crippen molar-refractivity contribution >= 4 is 24.8 Å². The van der Waals surface area contributed by atoms with E-state index in [1.807, 2.05) is 0 Å². The van der Waals surface area contributed by atoms with Crippen LogP contribution in [0, 0.1) is 10.7 Å². The molecule has 0 saturated heterocycles. The Morgan fingerprint density at radius 3 is 3.04 bits per heavy atom. The molecule has 1 unspecified atom stereocenters. The number of fused-ring (bicyclic) bond motifs is 1. The van der Waals surface area contributed by atoms with Crippen molar-refractivity contribution in [1.82, 2.24) is 9.78 Å². The summed E-state index contributed by atoms with van der Waals surface area (Å²) in [5, 5.41) is 26.5. The van der Waals surface area contributed by atoms with Gasteiger partial charge in [-0.3, -0.25) is 4.68 Å². The number of nitrogens with zero attached hydrogens (tertiary/aromatic N) is 3. The van der Waals surface area contributed by atoms with Gasteiger partial charge < -0.3 is 14.8 Å². The molecule has 1 atom stereocenters. The van der Waals surface area contributed by atoms with Crippen molar-refractivity contribution in [2.24, 2.45) is 12.2 Å². The highest BCUT2D eigenvalue weighted by Gasteiger charge is 2.39. The van der Waals surface area contributed by atoms with E-state index in [0.717, 1.165) is 6.07 Å². The lowest BCUT2D eigenvalue weighted by molar-refractivity contribution is 0.0689. The number of rotatable bonds is 5. The first-order valence-electron chi connectivity index (χ1n) is 7.28. The van der Waals surface area contributed by atoms with E-state index in [0.29, 0.717) is 16.2 Å². The van der Waals surface area contributed by atoms with Crippen molar-refractivity contribution in [3.63, 3.8) is 0 Å². The van der Waals surface area contributed by atoms with E-state index >= 15 is 0 Å². The second-order valence-electron chi connectivity index (χ2n) is 5.47. The van der Waals surface area contributed by atoms with Crippen LogP contribution in [0.25, 0.3) is 0 Å². The normalized spacial score (nSPS) is 16.3. The summed E-state index contributed by atoms with van der Waals surface area (Å²) in [6.07, 6.45) is 1.78. The van der Waals surface area contributed by atoms with Crippen LogP contribution in [0.5, 0.6) is 5.75 Å². The quantitative estimate of drug-likeness (QED) is 0.612. The molecule has 0 radical (unpaired) electrons. The minimum atomic E-state index is -1.46. The van der Waals surface area contributed by atoms with Crippen LogP contribution in [-0.2, 0) is 20.0 Å². The Bertz CT molecular complexity index is 846. The zero-order chi connectivity index (χ0) is 18.1. The van der Waals surface area contributed by atoms with Gasteiger partial charge in [-0.15, -0.1) is 11.8 Å². The van der Waals surface area contributed by atoms with E-state index in [-0.39, 0.29) is 18.7 Å². The lowest BCUT2D eigenvalue weighted by Crippen LogP contribution is -2.41. The monoisotopic (exact) mass is 365 g/mol. The van der Waals surface area contributed by atoms with Gasteiger partial charge in [0, 0.05) is 12.6 Å². The van der Waals surface area contributed by atoms with Gasteiger partial charge in [-0.2, -0.15) is 10.0 Å². The highest BCUT2D eigenvalue weighted by molar-refractivity contribution is 8.01. The third kappa shape index (κ3) is 3.24. The number of aryl methyl sites for hydroxylation is 1. The van der Waals surface area contributed by atoms with Crippen molar-refractivity contribution in [1.29, 1.82) is 0 Å². The van der Waals surface area contributed by atoms with Crippen LogP contribution in [-0.4, -0.2) is 38.1 Å². The molecule has 0 spiro atoms. The van der Waals surface area contributed by atoms with Gasteiger partial charge in [-0.25, -0.2) is 9.18 Å². The van der Waals surface area contributed by atoms with Crippen LogP contribution in [0.2, 0.25) is 0 Å². The molecule has 0 amide bonds. The van der Waals surface area contributed by atoms with Crippen molar-refractivity contribution in [3.05, 3.63) is 45.7 Å². The Kier molecular flexibility index (Phi) is 4.77. The molecule has 11 heteroatoms. The summed E-state index contributed by atoms with van der Waals surface area (Å²) in [5.41, 5.74) is 0.510. The van der Waals surface area contributed by atoms with Gasteiger partial charge in [0.2, 0.25) is 0 Å². The van der Waals surface area contributed by atoms with Crippen molar-refractivity contribution in [2.75, 3.05) is 0 Å². The number of thioether (sulfide) groups is 1. The Morgan fingerprint density at radius 1 is 1.60 bits per heavy atom. The van der Waals surface area contributed by atoms with Gasteiger partial charge in [0.05, 0.1) is 16.4 Å². The summed E-state index contributed by atoms with van der Waals surface area (Å²) in [6, 6.07) is 2.50. The molecular weight excluding hydrogens is 352 g/mol. The summed E-state index contributed by atoms with van der Waals surface area (Å²) in [4.78, 5) is 21.8. The Morgan fingerprint density at radius 2 is 2.36 bits per heavy atom. The van der Waals surface area contributed by atoms with Gasteiger partial charge >= 0.3 is 13.1 Å². The summed E-state index contributed by atoms with van der Waals surface area (Å²) in [6.45, 7) is -0.0508. The van der Waals surface area contributed by atoms with E-state index in [4.69, 9.17) is 9.76 Å². The standard InChI is InChI=1S/C14H13BFN3O5S/c1-19-13(8(5-17-19)6-18-23)25-10-4-7-2-3-9(16)11(14(20)21)12(7)24-15(10)22/h2-3,5,10,22H,4,6H2,1H3,(H,20,21). The molecule has 1 aliphatic heterocycles. The fourth-order valence-corrected chi connectivity index (χ4v) is 3.85. The zero-order valence-electron chi connectivity index (χ0n) is 13.0. The van der Waals surface area contributed by atoms with Crippen LogP contribution in [0.4, 0.5) is 4.39 Å². The van der Waals surface area contributed by atoms with Crippen LogP contribution in [0.15, 0.2) is 28.5 Å². The number of carbonyl (C=O) groups is 1. The molecule has 0 bridgehead atoms. The molecule has 0 fully saturated rings. The Labute approximate surface area is 146 Å². The highest BCUT2D eigenvalue weighted by atomic mass is 32.2. The molecule has 2 aromatic rings. The maximum absolute atomic E-state index is 13.7. The predicted molar refractivity (Wildman–Crippen MR) is 88.0 cm³/mol. The number of hydrogen-bond acceptors (Lipinski definition) is 7. The first-order valence-corrected chi connectivity index (χ1v) is 8.16. The summed E-state index contributed by atoms with van der Waals surface area (Å²) < 4.78 is 20.6. The second-order valence-corrected chi connectivity index (χ2v) is 6.70. The number of nitroso groups, excluding NO2 is 1. The average Bonchev–Trinajstić information content (AvgIpc) is 2.89. The summed E-state index contributed by atoms with van der Waals surface area (Å²) >= 11 is 1.24. The fourth-order valence-electron chi connectivity index (χ4n) is 2.66. The second kappa shape index (κ2) is 6.85. The van der Waals surface area contributed by atoms with Crippen LogP contribution in [0.3, 0.4) is 0 Å². The fraction of sp³-hybridized carbons (Fsp3) is 0.286. The van der Waals surface area contributed by atoms with Gasteiger partial charge in [0.25, 0.3) is 0 Å². The van der Waals surface area contributed by atoms with Crippen LogP contribution in [0.1, 0.15) is 21.5 Å². The predicted octanol–water partition coefficient (Wildman–Crippen LogP) is 1.64. The third-order valence-electron chi connectivity index (χ3n) is 3.83. The van der Waals surface area contributed by atoms with E-state index in [1.165, 1.54) is 24.0 Å². The maximum Gasteiger partial charge on any atom is 0.537 e. The molecule has 0 saturated carbocycles. The minimum Gasteiger partial charge on any atom is -0.535 e. The SMILES string of the molecule is Cn1ncc(CN=O)c1SC1Cc2ccc(F)c(C(=O)O)c2OB1O. The van der Waals surface area contributed by atoms with Gasteiger partial charge in [0.15, 0.2) is 0 Å². The molecular formula is C14H13BFN3O5S. The number of aromatic nitrogens is 2. The maximum atomic E-state index is 13.7. The number of aromatic carboxylic acids is 1. The summed E-state index contributed by atoms with van der Waals surface area (Å²) in [5.74, 6) is -2.54. The molecule has 1 aromatic heterocycles. The van der Waals surface area contributed by atoms with E-state index < -0.39 is 29.6 Å². The molecule has 1 aromatic carbocycles. The molecule has 1 aliphatic rings. The average molecular weight is 365 g/mol. The first-order chi connectivity index (χ1) is 11.9. The number of benzene rings is 1.